The van der Waals surface area contributed by atoms with Gasteiger partial charge in [-0.3, -0.25) is 4.79 Å². The monoisotopic (exact) mass is 293 g/mol. The largest absolute Gasteiger partial charge is 0.464 e. The molecule has 0 unspecified atom stereocenters. The lowest BCUT2D eigenvalue weighted by Crippen LogP contribution is -2.02. The lowest BCUT2D eigenvalue weighted by Gasteiger charge is -1.95. The number of para-hydroxylation sites is 2. The number of hydrogen-bond acceptors (Lipinski definition) is 4. The summed E-state index contributed by atoms with van der Waals surface area (Å²) in [6.07, 6.45) is 1.85. The van der Waals surface area contributed by atoms with E-state index >= 15 is 0 Å². The fourth-order valence-electron chi connectivity index (χ4n) is 2.42. The van der Waals surface area contributed by atoms with Crippen molar-refractivity contribution in [1.82, 2.24) is 4.98 Å². The van der Waals surface area contributed by atoms with E-state index in [1.54, 1.807) is 17.6 Å². The summed E-state index contributed by atoms with van der Waals surface area (Å²) in [6, 6.07) is 15.5. The molecule has 4 heteroatoms. The normalized spacial score (nSPS) is 11.2. The summed E-state index contributed by atoms with van der Waals surface area (Å²) >= 11 is 1.57. The second-order valence-corrected chi connectivity index (χ2v) is 5.94. The molecule has 102 valence electrons. The highest BCUT2D eigenvalue weighted by molar-refractivity contribution is 7.18. The molecular weight excluding hydrogens is 282 g/mol. The van der Waals surface area contributed by atoms with Gasteiger partial charge in [0.2, 0.25) is 0 Å². The molecule has 2 aromatic carbocycles. The van der Waals surface area contributed by atoms with Gasteiger partial charge in [0, 0.05) is 5.39 Å². The number of carbonyl (C=O) groups excluding carboxylic acids is 1. The van der Waals surface area contributed by atoms with Crippen LogP contribution in [0.25, 0.3) is 21.2 Å². The summed E-state index contributed by atoms with van der Waals surface area (Å²) in [6.45, 7) is 0. The molecule has 4 rings (SSSR count). The van der Waals surface area contributed by atoms with Crippen molar-refractivity contribution >= 4 is 38.3 Å². The lowest BCUT2D eigenvalue weighted by molar-refractivity contribution is 0.0993. The molecule has 0 saturated heterocycles. The van der Waals surface area contributed by atoms with E-state index in [9.17, 15) is 4.79 Å². The fraction of sp³-hybridized carbons (Fsp3) is 0.0588. The Morgan fingerprint density at radius 1 is 1.10 bits per heavy atom. The molecule has 0 fully saturated rings. The highest BCUT2D eigenvalue weighted by Gasteiger charge is 2.15. The van der Waals surface area contributed by atoms with Crippen molar-refractivity contribution in [3.8, 4) is 0 Å². The number of rotatable bonds is 3. The Kier molecular flexibility index (Phi) is 2.82. The van der Waals surface area contributed by atoms with Gasteiger partial charge in [0.1, 0.15) is 16.9 Å². The van der Waals surface area contributed by atoms with E-state index in [1.165, 1.54) is 0 Å². The zero-order valence-electron chi connectivity index (χ0n) is 11.1. The fourth-order valence-corrected chi connectivity index (χ4v) is 3.39. The average molecular weight is 293 g/mol. The van der Waals surface area contributed by atoms with E-state index in [0.29, 0.717) is 12.0 Å². The van der Waals surface area contributed by atoms with Gasteiger partial charge in [-0.15, -0.1) is 11.3 Å². The van der Waals surface area contributed by atoms with E-state index in [-0.39, 0.29) is 5.78 Å². The van der Waals surface area contributed by atoms with Crippen molar-refractivity contribution in [2.45, 2.75) is 6.42 Å². The molecule has 0 atom stereocenters. The average Bonchev–Trinajstić information content (AvgIpc) is 3.10. The van der Waals surface area contributed by atoms with Crippen LogP contribution in [0.5, 0.6) is 0 Å². The molecule has 0 saturated carbocycles. The molecule has 0 radical (unpaired) electrons. The van der Waals surface area contributed by atoms with Gasteiger partial charge in [-0.1, -0.05) is 30.3 Å². The van der Waals surface area contributed by atoms with E-state index in [1.807, 2.05) is 48.5 Å². The quantitative estimate of drug-likeness (QED) is 0.523. The number of fused-ring (bicyclic) bond motifs is 2. The predicted octanol–water partition coefficient (Wildman–Crippen LogP) is 4.47. The van der Waals surface area contributed by atoms with Gasteiger partial charge >= 0.3 is 0 Å². The summed E-state index contributed by atoms with van der Waals surface area (Å²) in [5, 5.41) is 1.70. The zero-order valence-corrected chi connectivity index (χ0v) is 11.9. The minimum Gasteiger partial charge on any atom is -0.464 e. The van der Waals surface area contributed by atoms with E-state index in [0.717, 1.165) is 26.2 Å². The molecule has 0 amide bonds. The standard InChI is InChI=1S/C17H11NO2S/c19-14(12-10-20-15-7-3-1-5-11(12)15)9-17-18-13-6-2-4-8-16(13)21-17/h1-8,10H,9H2. The Labute approximate surface area is 124 Å². The maximum Gasteiger partial charge on any atom is 0.173 e. The number of hydrogen-bond donors (Lipinski definition) is 0. The molecular formula is C17H11NO2S. The van der Waals surface area contributed by atoms with Crippen molar-refractivity contribution in [2.75, 3.05) is 0 Å². The van der Waals surface area contributed by atoms with Crippen LogP contribution in [0.1, 0.15) is 15.4 Å². The Morgan fingerprint density at radius 2 is 1.90 bits per heavy atom. The van der Waals surface area contributed by atoms with Crippen LogP contribution in [0, 0.1) is 0 Å². The number of ketones is 1. The number of thiazole rings is 1. The third kappa shape index (κ3) is 2.14. The first-order valence-electron chi connectivity index (χ1n) is 6.65. The minimum atomic E-state index is 0.0407. The Morgan fingerprint density at radius 3 is 2.81 bits per heavy atom. The third-order valence-corrected chi connectivity index (χ3v) is 4.47. The molecule has 2 aromatic heterocycles. The molecule has 0 bridgehead atoms. The molecule has 0 aliphatic carbocycles. The van der Waals surface area contributed by atoms with Crippen LogP contribution in [-0.2, 0) is 6.42 Å². The first-order valence-corrected chi connectivity index (χ1v) is 7.47. The van der Waals surface area contributed by atoms with Crippen molar-refractivity contribution in [1.29, 1.82) is 0 Å². The smallest absolute Gasteiger partial charge is 0.173 e. The summed E-state index contributed by atoms with van der Waals surface area (Å²) in [5.74, 6) is 0.0407. The molecule has 3 nitrogen and oxygen atoms in total. The van der Waals surface area contributed by atoms with Gasteiger partial charge in [-0.2, -0.15) is 0 Å². The molecule has 0 aliphatic rings. The topological polar surface area (TPSA) is 43.1 Å². The van der Waals surface area contributed by atoms with Crippen LogP contribution in [0.2, 0.25) is 0 Å². The van der Waals surface area contributed by atoms with Crippen LogP contribution in [-0.4, -0.2) is 10.8 Å². The molecule has 21 heavy (non-hydrogen) atoms. The van der Waals surface area contributed by atoms with Gasteiger partial charge in [-0.25, -0.2) is 4.98 Å². The minimum absolute atomic E-state index is 0.0407. The Balaban J connectivity index is 1.69. The molecule has 0 N–H and O–H groups in total. The zero-order chi connectivity index (χ0) is 14.2. The van der Waals surface area contributed by atoms with Crippen LogP contribution < -0.4 is 0 Å². The number of nitrogens with zero attached hydrogens (tertiary/aromatic N) is 1. The van der Waals surface area contributed by atoms with Gasteiger partial charge < -0.3 is 4.42 Å². The van der Waals surface area contributed by atoms with Crippen LogP contribution in [0.4, 0.5) is 0 Å². The van der Waals surface area contributed by atoms with Gasteiger partial charge in [0.15, 0.2) is 5.78 Å². The maximum absolute atomic E-state index is 12.5. The summed E-state index contributed by atoms with van der Waals surface area (Å²) in [4.78, 5) is 17.0. The second kappa shape index (κ2) is 4.82. The van der Waals surface area contributed by atoms with Crippen molar-refractivity contribution in [3.05, 3.63) is 65.4 Å². The van der Waals surface area contributed by atoms with Crippen molar-refractivity contribution < 1.29 is 9.21 Å². The van der Waals surface area contributed by atoms with E-state index < -0.39 is 0 Å². The van der Waals surface area contributed by atoms with Gasteiger partial charge in [0.25, 0.3) is 0 Å². The highest BCUT2D eigenvalue weighted by atomic mass is 32.1. The Bertz CT molecular complexity index is 918. The Hall–Kier alpha value is -2.46. The first kappa shape index (κ1) is 12.3. The van der Waals surface area contributed by atoms with E-state index in [2.05, 4.69) is 4.98 Å². The predicted molar refractivity (Wildman–Crippen MR) is 83.9 cm³/mol. The molecule has 0 aliphatic heterocycles. The lowest BCUT2D eigenvalue weighted by atomic mass is 10.1. The number of aromatic nitrogens is 1. The van der Waals surface area contributed by atoms with Crippen LogP contribution in [0.3, 0.4) is 0 Å². The van der Waals surface area contributed by atoms with Crippen LogP contribution >= 0.6 is 11.3 Å². The molecule has 2 heterocycles. The summed E-state index contributed by atoms with van der Waals surface area (Å²) < 4.78 is 6.54. The maximum atomic E-state index is 12.5. The van der Waals surface area contributed by atoms with Crippen molar-refractivity contribution in [2.24, 2.45) is 0 Å². The SMILES string of the molecule is O=C(Cc1nc2ccccc2s1)c1coc2ccccc12. The van der Waals surface area contributed by atoms with Crippen LogP contribution in [0.15, 0.2) is 59.2 Å². The number of Topliss-reactive ketones (excluding diaryl/α,β-unsaturated/α-hetero) is 1. The summed E-state index contributed by atoms with van der Waals surface area (Å²) in [5.41, 5.74) is 2.32. The number of benzene rings is 2. The summed E-state index contributed by atoms with van der Waals surface area (Å²) in [7, 11) is 0. The second-order valence-electron chi connectivity index (χ2n) is 4.82. The van der Waals surface area contributed by atoms with E-state index in [4.69, 9.17) is 4.42 Å². The van der Waals surface area contributed by atoms with Crippen molar-refractivity contribution in [3.63, 3.8) is 0 Å². The van der Waals surface area contributed by atoms with Gasteiger partial charge in [0.05, 0.1) is 22.2 Å². The molecule has 4 aromatic rings. The third-order valence-electron chi connectivity index (χ3n) is 3.43. The first-order chi connectivity index (χ1) is 10.3. The molecule has 0 spiro atoms. The highest BCUT2D eigenvalue weighted by Crippen LogP contribution is 2.25. The number of carbonyl (C=O) groups is 1. The number of furan rings is 1. The van der Waals surface area contributed by atoms with Gasteiger partial charge in [-0.05, 0) is 18.2 Å².